The Morgan fingerprint density at radius 1 is 1.58 bits per heavy atom. The molecule has 0 unspecified atom stereocenters. The number of nitrogens with zero attached hydrogens (tertiary/aromatic N) is 1. The zero-order valence-corrected chi connectivity index (χ0v) is 9.08. The van der Waals surface area contributed by atoms with Crippen molar-refractivity contribution in [3.05, 3.63) is 29.3 Å². The predicted octanol–water partition coefficient (Wildman–Crippen LogP) is 3.62. The molecule has 3 heteroatoms. The first kappa shape index (κ1) is 9.59. The maximum Gasteiger partial charge on any atom is 0.0742 e. The van der Waals surface area contributed by atoms with Gasteiger partial charge in [0.1, 0.15) is 0 Å². The van der Waals surface area contributed by atoms with Gasteiger partial charge in [-0.05, 0) is 42.4 Å². The molecule has 1 aromatic carbocycles. The van der Waals surface area contributed by atoms with E-state index in [0.717, 1.165) is 11.0 Å². The van der Waals surface area contributed by atoms with Gasteiger partial charge in [0.15, 0.2) is 0 Å². The van der Waals surface area contributed by atoms with Gasteiger partial charge < -0.3 is 0 Å². The molecule has 0 saturated heterocycles. The third-order valence-corrected chi connectivity index (χ3v) is 2.34. The van der Waals surface area contributed by atoms with Crippen LogP contribution >= 0.6 is 28.1 Å². The van der Waals surface area contributed by atoms with Crippen LogP contribution in [0.1, 0.15) is 11.1 Å². The lowest BCUT2D eigenvalue weighted by atomic mass is 10.1. The van der Waals surface area contributed by atoms with Crippen molar-refractivity contribution in [3.63, 3.8) is 0 Å². The van der Waals surface area contributed by atoms with E-state index in [0.29, 0.717) is 0 Å². The molecule has 1 nitrogen and oxygen atoms in total. The third-order valence-electron chi connectivity index (χ3n) is 1.64. The molecule has 0 radical (unpaired) electrons. The summed E-state index contributed by atoms with van der Waals surface area (Å²) in [6, 6.07) is 5.97. The van der Waals surface area contributed by atoms with Crippen LogP contribution in [-0.4, -0.2) is 5.16 Å². The molecule has 0 N–H and O–H groups in total. The Hall–Kier alpha value is -0.500. The van der Waals surface area contributed by atoms with Crippen LogP contribution in [0.4, 0.5) is 5.69 Å². The summed E-state index contributed by atoms with van der Waals surface area (Å²) < 4.78 is 0. The molecular formula is C9H8BrNS. The van der Waals surface area contributed by atoms with Gasteiger partial charge in [-0.25, -0.2) is 0 Å². The predicted molar refractivity (Wildman–Crippen MR) is 58.5 cm³/mol. The van der Waals surface area contributed by atoms with E-state index in [1.165, 1.54) is 11.1 Å². The smallest absolute Gasteiger partial charge is 0.0742 e. The topological polar surface area (TPSA) is 12.4 Å². The number of benzene rings is 1. The Kier molecular flexibility index (Phi) is 3.60. The molecule has 0 atom stereocenters. The first-order valence-electron chi connectivity index (χ1n) is 3.51. The summed E-state index contributed by atoms with van der Waals surface area (Å²) in [5, 5.41) is 3.22. The number of alkyl halides is 1. The van der Waals surface area contributed by atoms with E-state index >= 15 is 0 Å². The number of hydrogen-bond donors (Lipinski definition) is 0. The largest absolute Gasteiger partial charge is 0.195 e. The number of rotatable bonds is 2. The van der Waals surface area contributed by atoms with E-state index in [4.69, 9.17) is 0 Å². The fourth-order valence-electron chi connectivity index (χ4n) is 0.952. The molecule has 0 heterocycles. The zero-order chi connectivity index (χ0) is 8.97. The second-order valence-corrected chi connectivity index (χ2v) is 3.19. The summed E-state index contributed by atoms with van der Waals surface area (Å²) in [6.07, 6.45) is 0. The number of thiocarbonyl (C=S) groups is 1. The summed E-state index contributed by atoms with van der Waals surface area (Å²) in [4.78, 5) is 3.89. The molecule has 0 bridgehead atoms. The lowest BCUT2D eigenvalue weighted by Crippen LogP contribution is -1.82. The van der Waals surface area contributed by atoms with Crippen molar-refractivity contribution in [2.45, 2.75) is 12.3 Å². The fraction of sp³-hybridized carbons (Fsp3) is 0.222. The highest BCUT2D eigenvalue weighted by Crippen LogP contribution is 2.18. The van der Waals surface area contributed by atoms with Crippen LogP contribution in [-0.2, 0) is 5.33 Å². The number of hydrogen-bond acceptors (Lipinski definition) is 2. The summed E-state index contributed by atoms with van der Waals surface area (Å²) in [7, 11) is 0. The highest BCUT2D eigenvalue weighted by Gasteiger charge is 1.96. The van der Waals surface area contributed by atoms with Crippen molar-refractivity contribution in [2.24, 2.45) is 4.99 Å². The van der Waals surface area contributed by atoms with Crippen molar-refractivity contribution < 1.29 is 0 Å². The zero-order valence-electron chi connectivity index (χ0n) is 6.67. The normalized spacial score (nSPS) is 9.17. The van der Waals surface area contributed by atoms with Crippen LogP contribution < -0.4 is 0 Å². The molecule has 0 saturated carbocycles. The van der Waals surface area contributed by atoms with Crippen molar-refractivity contribution >= 4 is 39.0 Å². The lowest BCUT2D eigenvalue weighted by molar-refractivity contribution is 1.31. The third kappa shape index (κ3) is 2.24. The quantitative estimate of drug-likeness (QED) is 0.438. The number of halogens is 1. The molecule has 0 aromatic heterocycles. The van der Waals surface area contributed by atoms with E-state index < -0.39 is 0 Å². The van der Waals surface area contributed by atoms with E-state index in [2.05, 4.69) is 45.2 Å². The molecule has 0 aliphatic rings. The van der Waals surface area contributed by atoms with Crippen LogP contribution in [0.2, 0.25) is 0 Å². The minimum Gasteiger partial charge on any atom is -0.195 e. The standard InChI is InChI=1S/C9H8BrNS/c1-7-4-9(11-6-12)3-2-8(7)5-10/h2-4H,5H2,1H3. The first-order chi connectivity index (χ1) is 5.77. The Bertz CT molecular complexity index is 329. The molecule has 0 aliphatic carbocycles. The Balaban J connectivity index is 3.09. The Morgan fingerprint density at radius 2 is 2.33 bits per heavy atom. The van der Waals surface area contributed by atoms with Gasteiger partial charge in [-0.15, -0.1) is 0 Å². The summed E-state index contributed by atoms with van der Waals surface area (Å²) in [5.74, 6) is 0. The second kappa shape index (κ2) is 4.51. The second-order valence-electron chi connectivity index (χ2n) is 2.45. The van der Waals surface area contributed by atoms with Gasteiger partial charge in [0.25, 0.3) is 0 Å². The minimum atomic E-state index is 0.868. The van der Waals surface area contributed by atoms with Crippen LogP contribution in [0.25, 0.3) is 0 Å². The van der Waals surface area contributed by atoms with Crippen molar-refractivity contribution in [1.82, 2.24) is 0 Å². The van der Waals surface area contributed by atoms with Crippen LogP contribution in [0, 0.1) is 6.92 Å². The fourth-order valence-corrected chi connectivity index (χ4v) is 1.69. The van der Waals surface area contributed by atoms with E-state index in [1.807, 2.05) is 18.2 Å². The van der Waals surface area contributed by atoms with Crippen LogP contribution in [0.3, 0.4) is 0 Å². The van der Waals surface area contributed by atoms with E-state index in [9.17, 15) is 0 Å². The van der Waals surface area contributed by atoms with Gasteiger partial charge in [-0.3, -0.25) is 0 Å². The van der Waals surface area contributed by atoms with Gasteiger partial charge >= 0.3 is 0 Å². The summed E-state index contributed by atoms with van der Waals surface area (Å²) in [6.45, 7) is 2.05. The molecule has 0 amide bonds. The van der Waals surface area contributed by atoms with E-state index in [-0.39, 0.29) is 0 Å². The van der Waals surface area contributed by atoms with Gasteiger partial charge in [0.2, 0.25) is 0 Å². The van der Waals surface area contributed by atoms with Crippen molar-refractivity contribution in [1.29, 1.82) is 0 Å². The SMILES string of the molecule is Cc1cc(N=C=S)ccc1CBr. The monoisotopic (exact) mass is 241 g/mol. The van der Waals surface area contributed by atoms with Crippen molar-refractivity contribution in [2.75, 3.05) is 0 Å². The van der Waals surface area contributed by atoms with E-state index in [1.54, 1.807) is 0 Å². The Morgan fingerprint density at radius 3 is 2.83 bits per heavy atom. The maximum absolute atomic E-state index is 4.51. The minimum absolute atomic E-state index is 0.868. The first-order valence-corrected chi connectivity index (χ1v) is 5.04. The molecule has 62 valence electrons. The summed E-state index contributed by atoms with van der Waals surface area (Å²) in [5.41, 5.74) is 3.36. The molecule has 1 aromatic rings. The van der Waals surface area contributed by atoms with Gasteiger partial charge in [-0.1, -0.05) is 22.0 Å². The van der Waals surface area contributed by atoms with Gasteiger partial charge in [0.05, 0.1) is 10.8 Å². The molecule has 1 rings (SSSR count). The highest BCUT2D eigenvalue weighted by atomic mass is 79.9. The van der Waals surface area contributed by atoms with Gasteiger partial charge in [0, 0.05) is 5.33 Å². The average molecular weight is 242 g/mol. The van der Waals surface area contributed by atoms with Gasteiger partial charge in [-0.2, -0.15) is 4.99 Å². The summed E-state index contributed by atoms with van der Waals surface area (Å²) >= 11 is 7.92. The average Bonchev–Trinajstić information content (AvgIpc) is 2.05. The number of aliphatic imine (C=N–C) groups is 1. The van der Waals surface area contributed by atoms with Crippen molar-refractivity contribution in [3.8, 4) is 0 Å². The molecule has 0 fully saturated rings. The van der Waals surface area contributed by atoms with Crippen LogP contribution in [0.5, 0.6) is 0 Å². The maximum atomic E-state index is 4.51. The molecular weight excluding hydrogens is 234 g/mol. The molecule has 12 heavy (non-hydrogen) atoms. The lowest BCUT2D eigenvalue weighted by Gasteiger charge is -2.01. The van der Waals surface area contributed by atoms with Crippen LogP contribution in [0.15, 0.2) is 23.2 Å². The number of aryl methyl sites for hydroxylation is 1. The molecule has 0 spiro atoms. The number of isothiocyanates is 1. The Labute approximate surface area is 85.6 Å². The molecule has 0 aliphatic heterocycles. The highest BCUT2D eigenvalue weighted by molar-refractivity contribution is 9.08.